The molecule has 0 unspecified atom stereocenters. The van der Waals surface area contributed by atoms with E-state index in [4.69, 9.17) is 5.11 Å². The Morgan fingerprint density at radius 3 is 2.11 bits per heavy atom. The molecule has 0 amide bonds. The summed E-state index contributed by atoms with van der Waals surface area (Å²) in [7, 11) is 0. The van der Waals surface area contributed by atoms with Gasteiger partial charge in [-0.1, -0.05) is 75.4 Å². The minimum atomic E-state index is -4.93. The van der Waals surface area contributed by atoms with E-state index in [1.165, 1.54) is 16.8 Å². The van der Waals surface area contributed by atoms with Crippen LogP contribution in [-0.2, 0) is 37.1 Å². The number of carboxylic acids is 1. The number of hydrogen-bond donors (Lipinski definition) is 1. The lowest BCUT2D eigenvalue weighted by Gasteiger charge is -2.16. The molecule has 0 aliphatic heterocycles. The molecule has 0 aliphatic rings. The molecule has 46 heavy (non-hydrogen) atoms. The van der Waals surface area contributed by atoms with Crippen molar-refractivity contribution < 1.29 is 32.6 Å². The molecule has 4 rings (SSSR count). The molecule has 244 valence electrons. The van der Waals surface area contributed by atoms with Crippen molar-refractivity contribution >= 4 is 11.8 Å². The Morgan fingerprint density at radius 2 is 1.52 bits per heavy atom. The van der Waals surface area contributed by atoms with Crippen molar-refractivity contribution in [1.82, 2.24) is 14.3 Å². The van der Waals surface area contributed by atoms with Gasteiger partial charge in [-0.25, -0.2) is 9.48 Å². The number of benzene rings is 3. The molecule has 0 fully saturated rings. The third-order valence-corrected chi connectivity index (χ3v) is 7.40. The summed E-state index contributed by atoms with van der Waals surface area (Å²) in [4.78, 5) is 36.8. The number of halogens is 3. The van der Waals surface area contributed by atoms with Crippen LogP contribution in [0.2, 0.25) is 0 Å². The molecular formula is C35H38F3N3O5. The van der Waals surface area contributed by atoms with Gasteiger partial charge in [0.2, 0.25) is 0 Å². The number of ketones is 1. The van der Waals surface area contributed by atoms with Gasteiger partial charge in [0.05, 0.1) is 13.0 Å². The van der Waals surface area contributed by atoms with Crippen LogP contribution in [0.25, 0.3) is 11.1 Å². The molecule has 0 spiro atoms. The Kier molecular flexibility index (Phi) is 10.5. The lowest BCUT2D eigenvalue weighted by molar-refractivity contribution is -0.274. The van der Waals surface area contributed by atoms with Crippen LogP contribution in [0.15, 0.2) is 71.5 Å². The second-order valence-corrected chi connectivity index (χ2v) is 12.4. The molecule has 0 saturated carbocycles. The molecule has 3 aromatic carbocycles. The SMILES string of the molecule is CCn1c(CCCc2ccc(-c3ccc(OC(F)(F)F)c(CC(=O)O)c3)cc2)nn(Cc2ccc(C(=O)CC(C)(C)C)cc2)c1=O. The zero-order chi connectivity index (χ0) is 33.6. The first-order chi connectivity index (χ1) is 21.6. The second kappa shape index (κ2) is 14.2. The average molecular weight is 638 g/mol. The number of carbonyl (C=O) groups excluding carboxylic acids is 1. The number of nitrogens with zero attached hydrogens (tertiary/aromatic N) is 3. The van der Waals surface area contributed by atoms with Gasteiger partial charge in [-0.05, 0) is 59.6 Å². The van der Waals surface area contributed by atoms with Crippen LogP contribution < -0.4 is 10.4 Å². The van der Waals surface area contributed by atoms with Crippen LogP contribution in [0.3, 0.4) is 0 Å². The van der Waals surface area contributed by atoms with E-state index >= 15 is 0 Å². The van der Waals surface area contributed by atoms with E-state index in [1.807, 2.05) is 64.1 Å². The molecule has 0 bridgehead atoms. The first kappa shape index (κ1) is 34.2. The molecule has 1 N–H and O–H groups in total. The number of hydrogen-bond acceptors (Lipinski definition) is 5. The van der Waals surface area contributed by atoms with Crippen LogP contribution in [-0.4, -0.2) is 37.6 Å². The summed E-state index contributed by atoms with van der Waals surface area (Å²) >= 11 is 0. The number of carboxylic acid groups (broad SMARTS) is 1. The fraction of sp³-hybridized carbons (Fsp3) is 0.371. The van der Waals surface area contributed by atoms with Gasteiger partial charge in [-0.3, -0.25) is 14.2 Å². The molecule has 0 atom stereocenters. The molecule has 8 nitrogen and oxygen atoms in total. The zero-order valence-corrected chi connectivity index (χ0v) is 26.4. The highest BCUT2D eigenvalue weighted by molar-refractivity contribution is 5.96. The Labute approximate surface area is 265 Å². The number of aliphatic carboxylic acids is 1. The molecule has 4 aromatic rings. The third kappa shape index (κ3) is 9.42. The molecule has 1 heterocycles. The number of aromatic nitrogens is 3. The van der Waals surface area contributed by atoms with Crippen LogP contribution in [0.5, 0.6) is 5.75 Å². The van der Waals surface area contributed by atoms with E-state index in [2.05, 4.69) is 9.84 Å². The van der Waals surface area contributed by atoms with E-state index in [1.54, 1.807) is 16.7 Å². The fourth-order valence-electron chi connectivity index (χ4n) is 5.24. The van der Waals surface area contributed by atoms with Gasteiger partial charge < -0.3 is 9.84 Å². The van der Waals surface area contributed by atoms with Crippen molar-refractivity contribution in [3.05, 3.63) is 105 Å². The van der Waals surface area contributed by atoms with E-state index < -0.39 is 24.5 Å². The van der Waals surface area contributed by atoms with Gasteiger partial charge in [0.1, 0.15) is 11.6 Å². The highest BCUT2D eigenvalue weighted by Crippen LogP contribution is 2.31. The topological polar surface area (TPSA) is 103 Å². The number of ether oxygens (including phenoxy) is 1. The lowest BCUT2D eigenvalue weighted by Crippen LogP contribution is -2.25. The number of aryl methyl sites for hydroxylation is 2. The maximum Gasteiger partial charge on any atom is 0.573 e. The molecular weight excluding hydrogens is 599 g/mol. The molecule has 0 radical (unpaired) electrons. The van der Waals surface area contributed by atoms with Crippen LogP contribution >= 0.6 is 0 Å². The highest BCUT2D eigenvalue weighted by atomic mass is 19.4. The van der Waals surface area contributed by atoms with Gasteiger partial charge in [0, 0.05) is 30.5 Å². The average Bonchev–Trinajstić information content (AvgIpc) is 3.26. The lowest BCUT2D eigenvalue weighted by atomic mass is 9.88. The second-order valence-electron chi connectivity index (χ2n) is 12.4. The van der Waals surface area contributed by atoms with E-state index in [-0.39, 0.29) is 22.5 Å². The van der Waals surface area contributed by atoms with Gasteiger partial charge in [0.25, 0.3) is 0 Å². The quantitative estimate of drug-likeness (QED) is 0.157. The Hall–Kier alpha value is -4.67. The molecule has 1 aromatic heterocycles. The Morgan fingerprint density at radius 1 is 0.891 bits per heavy atom. The van der Waals surface area contributed by atoms with E-state index in [0.29, 0.717) is 49.3 Å². The Balaban J connectivity index is 1.39. The molecule has 0 saturated heterocycles. The minimum absolute atomic E-state index is 0.0731. The summed E-state index contributed by atoms with van der Waals surface area (Å²) in [5, 5.41) is 13.8. The highest BCUT2D eigenvalue weighted by Gasteiger charge is 2.32. The number of alkyl halides is 3. The first-order valence-corrected chi connectivity index (χ1v) is 15.1. The van der Waals surface area contributed by atoms with Crippen LogP contribution in [0.1, 0.15) is 73.4 Å². The normalized spacial score (nSPS) is 11.9. The van der Waals surface area contributed by atoms with Crippen molar-refractivity contribution in [1.29, 1.82) is 0 Å². The summed E-state index contributed by atoms with van der Waals surface area (Å²) in [6, 6.07) is 18.8. The van der Waals surface area contributed by atoms with Gasteiger partial charge in [-0.15, -0.1) is 13.2 Å². The third-order valence-electron chi connectivity index (χ3n) is 7.40. The predicted octanol–water partition coefficient (Wildman–Crippen LogP) is 7.10. The number of rotatable bonds is 13. The Bertz CT molecular complexity index is 1730. The van der Waals surface area contributed by atoms with E-state index in [9.17, 15) is 27.6 Å². The van der Waals surface area contributed by atoms with Gasteiger partial charge in [0.15, 0.2) is 5.78 Å². The van der Waals surface area contributed by atoms with E-state index in [0.717, 1.165) is 29.2 Å². The fourth-order valence-corrected chi connectivity index (χ4v) is 5.24. The zero-order valence-electron chi connectivity index (χ0n) is 26.4. The smallest absolute Gasteiger partial charge is 0.481 e. The minimum Gasteiger partial charge on any atom is -0.481 e. The largest absolute Gasteiger partial charge is 0.573 e. The monoisotopic (exact) mass is 637 g/mol. The summed E-state index contributed by atoms with van der Waals surface area (Å²) in [5.41, 5.74) is 3.48. The summed E-state index contributed by atoms with van der Waals surface area (Å²) in [6.07, 6.45) is -3.07. The molecule has 0 aliphatic carbocycles. The van der Waals surface area contributed by atoms with Crippen molar-refractivity contribution in [2.45, 2.75) is 79.3 Å². The van der Waals surface area contributed by atoms with Crippen molar-refractivity contribution in [2.24, 2.45) is 5.41 Å². The maximum atomic E-state index is 13.0. The van der Waals surface area contributed by atoms with Crippen LogP contribution in [0.4, 0.5) is 13.2 Å². The number of carbonyl (C=O) groups is 2. The van der Waals surface area contributed by atoms with Gasteiger partial charge >= 0.3 is 18.0 Å². The first-order valence-electron chi connectivity index (χ1n) is 15.1. The predicted molar refractivity (Wildman–Crippen MR) is 168 cm³/mol. The van der Waals surface area contributed by atoms with Gasteiger partial charge in [-0.2, -0.15) is 5.10 Å². The summed E-state index contributed by atoms with van der Waals surface area (Å²) in [5.74, 6) is -1.03. The van der Waals surface area contributed by atoms with Crippen LogP contribution in [0, 0.1) is 5.41 Å². The maximum absolute atomic E-state index is 13.0. The van der Waals surface area contributed by atoms with Crippen molar-refractivity contribution in [2.75, 3.05) is 0 Å². The molecule has 11 heteroatoms. The standard InChI is InChI=1S/C35H38F3N3O5/c1-5-40-31(39-41(33(40)45)22-24-11-15-26(16-12-24)29(42)21-34(2,3)4)8-6-7-23-9-13-25(14-10-23)27-17-18-30(46-35(36,37)38)28(19-27)20-32(43)44/h9-19H,5-8,20-22H2,1-4H3,(H,43,44). The summed E-state index contributed by atoms with van der Waals surface area (Å²) in [6.45, 7) is 8.76. The van der Waals surface area contributed by atoms with Crippen molar-refractivity contribution in [3.8, 4) is 16.9 Å². The van der Waals surface area contributed by atoms with Crippen molar-refractivity contribution in [3.63, 3.8) is 0 Å². The summed E-state index contributed by atoms with van der Waals surface area (Å²) < 4.78 is 45.4. The number of Topliss-reactive ketones (excluding diaryl/α,β-unsaturated/α-hetero) is 1.